The first-order valence-corrected chi connectivity index (χ1v) is 10.9. The monoisotopic (exact) mass is 430 g/mol. The molecular weight excluding hydrogens is 400 g/mol. The summed E-state index contributed by atoms with van der Waals surface area (Å²) in [7, 11) is 0. The average molecular weight is 431 g/mol. The lowest BCUT2D eigenvalue weighted by Crippen LogP contribution is -2.46. The van der Waals surface area contributed by atoms with Gasteiger partial charge in [0.15, 0.2) is 0 Å². The molecule has 0 aromatic heterocycles. The summed E-state index contributed by atoms with van der Waals surface area (Å²) in [5, 5.41) is 24.2. The topological polar surface area (TPSA) is 72.8 Å². The second kappa shape index (κ2) is 9.27. The van der Waals surface area contributed by atoms with Crippen LogP contribution in [-0.2, 0) is 4.79 Å². The molecule has 3 N–H and O–H groups in total. The number of nitrogens with one attached hydrogen (secondary N) is 1. The molecule has 0 bridgehead atoms. The van der Waals surface area contributed by atoms with Crippen LogP contribution < -0.4 is 10.2 Å². The fourth-order valence-corrected chi connectivity index (χ4v) is 4.47. The molecule has 0 saturated carbocycles. The molecule has 5 nitrogen and oxygen atoms in total. The third-order valence-corrected chi connectivity index (χ3v) is 6.16. The van der Waals surface area contributed by atoms with E-state index in [1.165, 1.54) is 0 Å². The van der Waals surface area contributed by atoms with E-state index < -0.39 is 11.6 Å². The van der Waals surface area contributed by atoms with E-state index in [1.807, 2.05) is 51.1 Å². The van der Waals surface area contributed by atoms with Gasteiger partial charge in [0.1, 0.15) is 0 Å². The van der Waals surface area contributed by atoms with E-state index in [0.29, 0.717) is 5.02 Å². The first-order chi connectivity index (χ1) is 14.2. The van der Waals surface area contributed by atoms with Crippen molar-refractivity contribution in [2.45, 2.75) is 64.0 Å². The molecule has 0 radical (unpaired) electrons. The molecule has 0 aliphatic carbocycles. The van der Waals surface area contributed by atoms with Gasteiger partial charge in [0.25, 0.3) is 0 Å². The fraction of sp³-hybridized carbons (Fsp3) is 0.458. The van der Waals surface area contributed by atoms with Gasteiger partial charge in [-0.3, -0.25) is 4.79 Å². The number of carboxylic acids is 1. The van der Waals surface area contributed by atoms with Crippen LogP contribution in [0.4, 0.5) is 17.1 Å². The van der Waals surface area contributed by atoms with Gasteiger partial charge in [-0.1, -0.05) is 24.6 Å². The van der Waals surface area contributed by atoms with Crippen molar-refractivity contribution < 1.29 is 15.0 Å². The van der Waals surface area contributed by atoms with Crippen LogP contribution in [0.5, 0.6) is 0 Å². The van der Waals surface area contributed by atoms with Crippen LogP contribution in [0, 0.1) is 0 Å². The predicted octanol–water partition coefficient (Wildman–Crippen LogP) is 5.79. The van der Waals surface area contributed by atoms with Crippen molar-refractivity contribution in [3.8, 4) is 0 Å². The maximum Gasteiger partial charge on any atom is 0.303 e. The zero-order chi connectivity index (χ0) is 21.9. The molecule has 2 aromatic rings. The Hall–Kier alpha value is -2.24. The standard InChI is InChI=1S/C24H31ClN2O3/c1-4-16(15-23(28)29)17-7-12-21(27-13-5-6-22(27)24(2,3)30)20(14-17)26-19-10-8-18(25)9-11-19/h7-12,14,16,22,26,30H,4-6,13,15H2,1-3H3,(H,28,29)/t16?,22-/m1/s1. The van der Waals surface area contributed by atoms with Gasteiger partial charge in [0.05, 0.1) is 29.4 Å². The van der Waals surface area contributed by atoms with Gasteiger partial charge in [0, 0.05) is 17.3 Å². The van der Waals surface area contributed by atoms with Gasteiger partial charge < -0.3 is 20.4 Å². The lowest BCUT2D eigenvalue weighted by atomic mass is 9.91. The Balaban J connectivity index is 2.02. The Bertz CT molecular complexity index is 877. The highest BCUT2D eigenvalue weighted by Crippen LogP contribution is 2.39. The molecule has 162 valence electrons. The number of carbonyl (C=O) groups is 1. The second-order valence-electron chi connectivity index (χ2n) is 8.62. The van der Waals surface area contributed by atoms with Crippen molar-refractivity contribution in [2.75, 3.05) is 16.8 Å². The van der Waals surface area contributed by atoms with Crippen molar-refractivity contribution in [3.05, 3.63) is 53.1 Å². The van der Waals surface area contributed by atoms with Gasteiger partial charge in [-0.2, -0.15) is 0 Å². The molecular formula is C24H31ClN2O3. The molecule has 2 aromatic carbocycles. The molecule has 1 fully saturated rings. The summed E-state index contributed by atoms with van der Waals surface area (Å²) in [6, 6.07) is 13.7. The van der Waals surface area contributed by atoms with E-state index in [4.69, 9.17) is 11.6 Å². The van der Waals surface area contributed by atoms with Crippen molar-refractivity contribution >= 4 is 34.6 Å². The lowest BCUT2D eigenvalue weighted by Gasteiger charge is -2.36. The van der Waals surface area contributed by atoms with Gasteiger partial charge in [-0.25, -0.2) is 0 Å². The third kappa shape index (κ3) is 5.27. The molecule has 1 aliphatic rings. The van der Waals surface area contributed by atoms with Crippen molar-refractivity contribution in [1.29, 1.82) is 0 Å². The number of aliphatic hydroxyl groups is 1. The maximum atomic E-state index is 11.3. The largest absolute Gasteiger partial charge is 0.481 e. The van der Waals surface area contributed by atoms with Crippen LogP contribution >= 0.6 is 11.6 Å². The van der Waals surface area contributed by atoms with Crippen molar-refractivity contribution in [2.24, 2.45) is 0 Å². The molecule has 30 heavy (non-hydrogen) atoms. The van der Waals surface area contributed by atoms with Crippen molar-refractivity contribution in [3.63, 3.8) is 0 Å². The van der Waals surface area contributed by atoms with Crippen LogP contribution in [0.2, 0.25) is 5.02 Å². The first-order valence-electron chi connectivity index (χ1n) is 10.6. The van der Waals surface area contributed by atoms with Crippen LogP contribution in [-0.4, -0.2) is 34.4 Å². The van der Waals surface area contributed by atoms with Crippen LogP contribution in [0.1, 0.15) is 57.9 Å². The molecule has 0 spiro atoms. The molecule has 1 aliphatic heterocycles. The Kier molecular flexibility index (Phi) is 6.94. The van der Waals surface area contributed by atoms with E-state index in [2.05, 4.69) is 22.3 Å². The fourth-order valence-electron chi connectivity index (χ4n) is 4.35. The Labute approximate surface area is 183 Å². The number of rotatable bonds is 8. The van der Waals surface area contributed by atoms with E-state index in [0.717, 1.165) is 48.4 Å². The van der Waals surface area contributed by atoms with Gasteiger partial charge >= 0.3 is 5.97 Å². The first kappa shape index (κ1) is 22.4. The number of nitrogens with zero attached hydrogens (tertiary/aromatic N) is 1. The van der Waals surface area contributed by atoms with E-state index in [9.17, 15) is 15.0 Å². The molecule has 1 heterocycles. The number of halogens is 1. The number of anilines is 3. The smallest absolute Gasteiger partial charge is 0.303 e. The van der Waals surface area contributed by atoms with Gasteiger partial charge in [-0.05, 0) is 81.0 Å². The summed E-state index contributed by atoms with van der Waals surface area (Å²) in [5.41, 5.74) is 3.02. The SMILES string of the molecule is CCC(CC(=O)O)c1ccc(N2CCC[C@@H]2C(C)(C)O)c(Nc2ccc(Cl)cc2)c1. The number of benzene rings is 2. The Morgan fingerprint density at radius 3 is 2.57 bits per heavy atom. The quantitative estimate of drug-likeness (QED) is 0.494. The minimum atomic E-state index is -0.817. The maximum absolute atomic E-state index is 11.3. The lowest BCUT2D eigenvalue weighted by molar-refractivity contribution is -0.137. The normalized spacial score (nSPS) is 17.8. The second-order valence-corrected chi connectivity index (χ2v) is 9.05. The van der Waals surface area contributed by atoms with E-state index in [1.54, 1.807) is 0 Å². The predicted molar refractivity (Wildman–Crippen MR) is 123 cm³/mol. The highest BCUT2D eigenvalue weighted by Gasteiger charge is 2.37. The molecule has 3 rings (SSSR count). The summed E-state index contributed by atoms with van der Waals surface area (Å²) < 4.78 is 0. The van der Waals surface area contributed by atoms with E-state index in [-0.39, 0.29) is 18.4 Å². The highest BCUT2D eigenvalue weighted by molar-refractivity contribution is 6.30. The molecule has 0 amide bonds. The highest BCUT2D eigenvalue weighted by atomic mass is 35.5. The van der Waals surface area contributed by atoms with Crippen LogP contribution in [0.3, 0.4) is 0 Å². The zero-order valence-corrected chi connectivity index (χ0v) is 18.6. The molecule has 6 heteroatoms. The van der Waals surface area contributed by atoms with Crippen LogP contribution in [0.15, 0.2) is 42.5 Å². The summed E-state index contributed by atoms with van der Waals surface area (Å²) >= 11 is 6.03. The number of carboxylic acid groups (broad SMARTS) is 1. The van der Waals surface area contributed by atoms with E-state index >= 15 is 0 Å². The summed E-state index contributed by atoms with van der Waals surface area (Å²) in [5.74, 6) is -0.842. The van der Waals surface area contributed by atoms with Crippen LogP contribution in [0.25, 0.3) is 0 Å². The zero-order valence-electron chi connectivity index (χ0n) is 17.9. The summed E-state index contributed by atoms with van der Waals surface area (Å²) in [6.45, 7) is 6.60. The van der Waals surface area contributed by atoms with Crippen molar-refractivity contribution in [1.82, 2.24) is 0 Å². The Morgan fingerprint density at radius 1 is 1.27 bits per heavy atom. The average Bonchev–Trinajstić information content (AvgIpc) is 3.18. The minimum absolute atomic E-state index is 0.0232. The molecule has 1 unspecified atom stereocenters. The minimum Gasteiger partial charge on any atom is -0.481 e. The molecule has 1 saturated heterocycles. The Morgan fingerprint density at radius 2 is 1.97 bits per heavy atom. The number of hydrogen-bond donors (Lipinski definition) is 3. The van der Waals surface area contributed by atoms with Gasteiger partial charge in [-0.15, -0.1) is 0 Å². The number of hydrogen-bond acceptors (Lipinski definition) is 4. The summed E-state index contributed by atoms with van der Waals surface area (Å²) in [6.07, 6.45) is 2.81. The number of aliphatic carboxylic acids is 1. The molecule has 2 atom stereocenters. The summed E-state index contributed by atoms with van der Waals surface area (Å²) in [4.78, 5) is 13.6. The van der Waals surface area contributed by atoms with Gasteiger partial charge in [0.2, 0.25) is 0 Å². The third-order valence-electron chi connectivity index (χ3n) is 5.91.